The Morgan fingerprint density at radius 2 is 1.58 bits per heavy atom. The molecule has 1 saturated heterocycles. The van der Waals surface area contributed by atoms with Crippen molar-refractivity contribution in [1.29, 1.82) is 0 Å². The van der Waals surface area contributed by atoms with Gasteiger partial charge in [0.05, 0.1) is 24.5 Å². The number of likely N-dealkylation sites (tertiary alicyclic amines) is 1. The lowest BCUT2D eigenvalue weighted by molar-refractivity contribution is -0.170. The summed E-state index contributed by atoms with van der Waals surface area (Å²) in [5, 5.41) is 36.9. The van der Waals surface area contributed by atoms with Gasteiger partial charge in [-0.25, -0.2) is 9.18 Å². The number of rotatable bonds is 11. The number of carboxylic acid groups (broad SMARTS) is 3. The molecule has 12 heteroatoms. The molecule has 0 bridgehead atoms. The van der Waals surface area contributed by atoms with Crippen molar-refractivity contribution in [3.8, 4) is 5.75 Å². The third kappa shape index (κ3) is 9.75. The standard InChI is InChI=1S/C25H31FN2O2.C6H8O7/c1-19(29)27-25(23-11-4-5-12-24(23)26)13-15-28(16-14-25)18-20-7-6-10-22(17-20)30-21-8-2-3-9-21;7-3(8)1-6(13,5(11)12)2-4(9)10/h4-7,10-12,17,21H,2-3,8-9,13-16,18H2,1H3,(H,27,29);13H,1-2H2,(H,7,8)(H,9,10)(H,11,12). The van der Waals surface area contributed by atoms with Gasteiger partial charge >= 0.3 is 17.9 Å². The second kappa shape index (κ2) is 14.9. The molecule has 1 aliphatic heterocycles. The van der Waals surface area contributed by atoms with Crippen LogP contribution in [-0.4, -0.2) is 73.9 Å². The number of ether oxygens (including phenoxy) is 1. The Hall–Kier alpha value is -4.03. The van der Waals surface area contributed by atoms with Gasteiger partial charge in [0.1, 0.15) is 11.6 Å². The van der Waals surface area contributed by atoms with E-state index >= 15 is 0 Å². The van der Waals surface area contributed by atoms with E-state index in [-0.39, 0.29) is 11.7 Å². The second-order valence-electron chi connectivity index (χ2n) is 11.2. The average Bonchev–Trinajstić information content (AvgIpc) is 3.42. The van der Waals surface area contributed by atoms with Crippen molar-refractivity contribution in [3.63, 3.8) is 0 Å². The van der Waals surface area contributed by atoms with Gasteiger partial charge in [-0.15, -0.1) is 0 Å². The van der Waals surface area contributed by atoms with Crippen LogP contribution in [-0.2, 0) is 31.3 Å². The van der Waals surface area contributed by atoms with Crippen LogP contribution < -0.4 is 10.1 Å². The molecule has 0 atom stereocenters. The van der Waals surface area contributed by atoms with Crippen molar-refractivity contribution in [2.24, 2.45) is 0 Å². The first kappa shape index (κ1) is 33.5. The lowest BCUT2D eigenvalue weighted by Crippen LogP contribution is -2.52. The van der Waals surface area contributed by atoms with Gasteiger partial charge in [-0.3, -0.25) is 19.3 Å². The molecule has 0 spiro atoms. The summed E-state index contributed by atoms with van der Waals surface area (Å²) in [6, 6.07) is 15.2. The highest BCUT2D eigenvalue weighted by molar-refractivity contribution is 5.88. The SMILES string of the molecule is CC(=O)NC1(c2ccccc2F)CCN(Cc2cccc(OC3CCCC3)c2)CC1.O=C(O)CC(O)(CC(=O)O)C(=O)O. The molecule has 11 nitrogen and oxygen atoms in total. The molecule has 5 N–H and O–H groups in total. The summed E-state index contributed by atoms with van der Waals surface area (Å²) >= 11 is 0. The molecule has 0 radical (unpaired) electrons. The van der Waals surface area contributed by atoms with E-state index in [9.17, 15) is 23.6 Å². The molecule has 2 aromatic rings. The molecular formula is C31H39FN2O9. The Morgan fingerprint density at radius 3 is 2.12 bits per heavy atom. The van der Waals surface area contributed by atoms with Crippen LogP contribution in [0, 0.1) is 5.82 Å². The van der Waals surface area contributed by atoms with Crippen molar-refractivity contribution in [2.75, 3.05) is 13.1 Å². The summed E-state index contributed by atoms with van der Waals surface area (Å²) in [4.78, 5) is 44.7. The summed E-state index contributed by atoms with van der Waals surface area (Å²) in [5.41, 5.74) is -1.56. The molecule has 0 aromatic heterocycles. The topological polar surface area (TPSA) is 174 Å². The normalized spacial score (nSPS) is 16.9. The van der Waals surface area contributed by atoms with Gasteiger partial charge in [0, 0.05) is 32.1 Å². The van der Waals surface area contributed by atoms with Crippen LogP contribution in [0.2, 0.25) is 0 Å². The maximum absolute atomic E-state index is 14.5. The molecule has 1 heterocycles. The van der Waals surface area contributed by atoms with Gasteiger partial charge < -0.3 is 30.5 Å². The van der Waals surface area contributed by atoms with Crippen LogP contribution in [0.5, 0.6) is 5.75 Å². The summed E-state index contributed by atoms with van der Waals surface area (Å²) in [7, 11) is 0. The molecule has 1 amide bonds. The number of halogens is 1. The first-order chi connectivity index (χ1) is 20.3. The van der Waals surface area contributed by atoms with Gasteiger partial charge in [-0.1, -0.05) is 30.3 Å². The summed E-state index contributed by atoms with van der Waals surface area (Å²) in [5.74, 6) is -4.44. The summed E-state index contributed by atoms with van der Waals surface area (Å²) < 4.78 is 20.7. The maximum atomic E-state index is 14.5. The largest absolute Gasteiger partial charge is 0.490 e. The highest BCUT2D eigenvalue weighted by Gasteiger charge is 2.41. The van der Waals surface area contributed by atoms with Crippen LogP contribution in [0.3, 0.4) is 0 Å². The second-order valence-corrected chi connectivity index (χ2v) is 11.2. The van der Waals surface area contributed by atoms with Gasteiger partial charge in [0.15, 0.2) is 5.60 Å². The number of carbonyl (C=O) groups excluding carboxylic acids is 1. The molecule has 2 fully saturated rings. The van der Waals surface area contributed by atoms with Gasteiger partial charge in [0.2, 0.25) is 5.91 Å². The zero-order valence-electron chi connectivity index (χ0n) is 24.1. The van der Waals surface area contributed by atoms with Crippen LogP contribution >= 0.6 is 0 Å². The molecule has 0 unspecified atom stereocenters. The quantitative estimate of drug-likeness (QED) is 0.256. The lowest BCUT2D eigenvalue weighted by Gasteiger charge is -2.42. The van der Waals surface area contributed by atoms with Crippen LogP contribution in [0.4, 0.5) is 4.39 Å². The van der Waals surface area contributed by atoms with Gasteiger partial charge in [-0.05, 0) is 62.3 Å². The molecule has 1 saturated carbocycles. The number of aliphatic hydroxyl groups is 1. The Bertz CT molecular complexity index is 1270. The third-order valence-electron chi connectivity index (χ3n) is 7.71. The molecule has 43 heavy (non-hydrogen) atoms. The zero-order chi connectivity index (χ0) is 31.6. The highest BCUT2D eigenvalue weighted by Crippen LogP contribution is 2.35. The van der Waals surface area contributed by atoms with Crippen molar-refractivity contribution in [2.45, 2.75) is 82.1 Å². The number of amides is 1. The first-order valence-corrected chi connectivity index (χ1v) is 14.2. The minimum absolute atomic E-state index is 0.122. The lowest BCUT2D eigenvalue weighted by atomic mass is 9.80. The molecular weight excluding hydrogens is 563 g/mol. The maximum Gasteiger partial charge on any atom is 0.336 e. The predicted octanol–water partition coefficient (Wildman–Crippen LogP) is 3.53. The number of carboxylic acids is 3. The van der Waals surface area contributed by atoms with E-state index in [0.717, 1.165) is 38.2 Å². The molecule has 1 aliphatic carbocycles. The highest BCUT2D eigenvalue weighted by atomic mass is 19.1. The first-order valence-electron chi connectivity index (χ1n) is 14.2. The number of hydrogen-bond donors (Lipinski definition) is 5. The Balaban J connectivity index is 0.000000331. The fraction of sp³-hybridized carbons (Fsp3) is 0.484. The number of nitrogens with one attached hydrogen (secondary N) is 1. The van der Waals surface area contributed by atoms with Crippen LogP contribution in [0.1, 0.15) is 69.4 Å². The van der Waals surface area contributed by atoms with E-state index in [2.05, 4.69) is 28.4 Å². The van der Waals surface area contributed by atoms with E-state index in [4.69, 9.17) is 25.2 Å². The Labute approximate surface area is 249 Å². The molecule has 4 rings (SSSR count). The van der Waals surface area contributed by atoms with E-state index < -0.39 is 41.9 Å². The van der Waals surface area contributed by atoms with E-state index in [1.807, 2.05) is 12.1 Å². The van der Waals surface area contributed by atoms with Crippen molar-refractivity contribution in [1.82, 2.24) is 10.2 Å². The third-order valence-corrected chi connectivity index (χ3v) is 7.71. The predicted molar refractivity (Wildman–Crippen MR) is 153 cm³/mol. The fourth-order valence-corrected chi connectivity index (χ4v) is 5.63. The number of aliphatic carboxylic acids is 3. The van der Waals surface area contributed by atoms with E-state index in [1.165, 1.54) is 31.4 Å². The van der Waals surface area contributed by atoms with E-state index in [1.54, 1.807) is 12.1 Å². The number of carbonyl (C=O) groups is 4. The number of benzene rings is 2. The minimum Gasteiger partial charge on any atom is -0.490 e. The van der Waals surface area contributed by atoms with E-state index in [0.29, 0.717) is 24.5 Å². The molecule has 234 valence electrons. The molecule has 2 aromatic carbocycles. The molecule has 2 aliphatic rings. The smallest absolute Gasteiger partial charge is 0.336 e. The zero-order valence-corrected chi connectivity index (χ0v) is 24.1. The summed E-state index contributed by atoms with van der Waals surface area (Å²) in [6.45, 7) is 3.92. The van der Waals surface area contributed by atoms with Crippen molar-refractivity contribution >= 4 is 23.8 Å². The number of nitrogens with zero attached hydrogens (tertiary/aromatic N) is 1. The Morgan fingerprint density at radius 1 is 0.977 bits per heavy atom. The van der Waals surface area contributed by atoms with Gasteiger partial charge in [-0.2, -0.15) is 0 Å². The summed E-state index contributed by atoms with van der Waals surface area (Å²) in [6.07, 6.45) is 4.26. The van der Waals surface area contributed by atoms with Crippen LogP contribution in [0.25, 0.3) is 0 Å². The number of hydrogen-bond acceptors (Lipinski definition) is 7. The monoisotopic (exact) mass is 602 g/mol. The minimum atomic E-state index is -2.74. The average molecular weight is 603 g/mol. The Kier molecular flexibility index (Phi) is 11.6. The van der Waals surface area contributed by atoms with Crippen molar-refractivity contribution < 1.29 is 48.7 Å². The number of piperidine rings is 1. The van der Waals surface area contributed by atoms with Crippen molar-refractivity contribution in [3.05, 3.63) is 65.5 Å². The fourth-order valence-electron chi connectivity index (χ4n) is 5.63. The van der Waals surface area contributed by atoms with Crippen LogP contribution in [0.15, 0.2) is 48.5 Å². The van der Waals surface area contributed by atoms with Gasteiger partial charge in [0.25, 0.3) is 0 Å².